The molecule has 0 heterocycles. The Bertz CT molecular complexity index is 478. The smallest absolute Gasteiger partial charge is 0.0991 e. The van der Waals surface area contributed by atoms with E-state index in [1.54, 1.807) is 6.08 Å². The molecule has 0 spiro atoms. The van der Waals surface area contributed by atoms with E-state index in [4.69, 9.17) is 0 Å². The van der Waals surface area contributed by atoms with Gasteiger partial charge < -0.3 is 0 Å². The van der Waals surface area contributed by atoms with Gasteiger partial charge in [-0.05, 0) is 30.9 Å². The maximum Gasteiger partial charge on any atom is 0.166 e. The van der Waals surface area contributed by atoms with Crippen LogP contribution < -0.4 is 0 Å². The van der Waals surface area contributed by atoms with E-state index in [1.807, 2.05) is 58.1 Å². The van der Waals surface area contributed by atoms with Crippen molar-refractivity contribution in [2.24, 2.45) is 0 Å². The van der Waals surface area contributed by atoms with Crippen LogP contribution in [0, 0.1) is 0 Å². The van der Waals surface area contributed by atoms with Crippen LogP contribution in [0.4, 0.5) is 0 Å². The van der Waals surface area contributed by atoms with E-state index in [0.717, 1.165) is 4.91 Å². The van der Waals surface area contributed by atoms with Crippen molar-refractivity contribution >= 4 is 10.9 Å². The minimum Gasteiger partial charge on any atom is -0.0991 e. The molecule has 0 N–H and O–H groups in total. The number of hydrogen-bond donors (Lipinski definition) is 0. The molecule has 1 atom stereocenters. The second-order valence-electron chi connectivity index (χ2n) is 3.69. The maximum atomic E-state index is 4.17. The summed E-state index contributed by atoms with van der Waals surface area (Å²) in [4.78, 5) is 3.61. The zero-order chi connectivity index (χ0) is 17.4. The monoisotopic (exact) mass is 315 g/mol. The molecule has 0 saturated heterocycles. The molecule has 0 amide bonds. The Hall–Kier alpha value is -1.73. The summed E-state index contributed by atoms with van der Waals surface area (Å²) in [5.74, 6) is 0. The molecule has 120 valence electrons. The first-order valence-electron chi connectivity index (χ1n) is 7.77. The van der Waals surface area contributed by atoms with E-state index in [-0.39, 0.29) is 10.9 Å². The zero-order valence-corrected chi connectivity index (χ0v) is 15.6. The zero-order valence-electron chi connectivity index (χ0n) is 14.8. The average Bonchev–Trinajstić information content (AvgIpc) is 2.58. The number of rotatable bonds is 6. The summed E-state index contributed by atoms with van der Waals surface area (Å²) in [6.07, 6.45) is 9.58. The van der Waals surface area contributed by atoms with Gasteiger partial charge >= 0.3 is 0 Å². The second kappa shape index (κ2) is 15.7. The minimum absolute atomic E-state index is 0.118. The van der Waals surface area contributed by atoms with E-state index in [0.29, 0.717) is 0 Å². The van der Waals surface area contributed by atoms with Gasteiger partial charge in [-0.15, -0.1) is 0 Å². The molecule has 0 aromatic heterocycles. The molecular weight excluding hydrogens is 284 g/mol. The van der Waals surface area contributed by atoms with Gasteiger partial charge in [-0.1, -0.05) is 77.3 Å². The molecule has 0 aliphatic carbocycles. The molecule has 22 heavy (non-hydrogen) atoms. The molecule has 0 fully saturated rings. The van der Waals surface area contributed by atoms with Gasteiger partial charge in [0.1, 0.15) is 4.91 Å². The van der Waals surface area contributed by atoms with Crippen molar-refractivity contribution in [3.63, 3.8) is 0 Å². The fraction of sp³-hybridized carbons (Fsp3) is 0.238. The van der Waals surface area contributed by atoms with Crippen LogP contribution in [0.5, 0.6) is 0 Å². The lowest BCUT2D eigenvalue weighted by Gasteiger charge is -2.07. The Morgan fingerprint density at radius 1 is 0.955 bits per heavy atom. The van der Waals surface area contributed by atoms with Crippen molar-refractivity contribution in [1.82, 2.24) is 0 Å². The third-order valence-electron chi connectivity index (χ3n) is 2.33. The summed E-state index contributed by atoms with van der Waals surface area (Å²) < 4.78 is 0. The van der Waals surface area contributed by atoms with E-state index in [1.165, 1.54) is 9.80 Å². The predicted molar refractivity (Wildman–Crippen MR) is 107 cm³/mol. The number of allylic oxidation sites excluding steroid dienone is 6. The standard InChI is InChI=1S/C17H19S.2C2H6/c1-5-7-12-16(4)18(15(3)11-6-2)17-13-9-8-10-14-17;2*1-2/h5-14H,1-2,4H2,3H3;2*1-2H3/q+1;;/b12-7-,15-11+;;. The lowest BCUT2D eigenvalue weighted by Crippen LogP contribution is -2.05. The quantitative estimate of drug-likeness (QED) is 0.389. The molecule has 0 radical (unpaired) electrons. The van der Waals surface area contributed by atoms with Crippen LogP contribution in [0.2, 0.25) is 0 Å². The Kier molecular flexibility index (Phi) is 16.0. The van der Waals surface area contributed by atoms with Crippen molar-refractivity contribution in [2.45, 2.75) is 39.5 Å². The Morgan fingerprint density at radius 2 is 1.50 bits per heavy atom. The highest BCUT2D eigenvalue weighted by Crippen LogP contribution is 2.28. The van der Waals surface area contributed by atoms with Crippen LogP contribution in [0.15, 0.2) is 95.2 Å². The van der Waals surface area contributed by atoms with Crippen molar-refractivity contribution < 1.29 is 0 Å². The maximum absolute atomic E-state index is 4.17. The van der Waals surface area contributed by atoms with Gasteiger partial charge in [0.25, 0.3) is 0 Å². The third-order valence-corrected chi connectivity index (χ3v) is 4.52. The molecule has 1 aromatic carbocycles. The van der Waals surface area contributed by atoms with Crippen molar-refractivity contribution in [2.75, 3.05) is 0 Å². The topological polar surface area (TPSA) is 0 Å². The predicted octanol–water partition coefficient (Wildman–Crippen LogP) is 7.06. The second-order valence-corrected chi connectivity index (χ2v) is 5.95. The summed E-state index contributed by atoms with van der Waals surface area (Å²) >= 11 is 0. The minimum atomic E-state index is -0.118. The molecule has 1 rings (SSSR count). The average molecular weight is 316 g/mol. The van der Waals surface area contributed by atoms with Crippen LogP contribution in [0.25, 0.3) is 0 Å². The lowest BCUT2D eigenvalue weighted by atomic mass is 10.4. The first kappa shape index (κ1) is 22.5. The first-order valence-corrected chi connectivity index (χ1v) is 9.00. The molecule has 0 aliphatic rings. The van der Waals surface area contributed by atoms with E-state index >= 15 is 0 Å². The van der Waals surface area contributed by atoms with Crippen LogP contribution in [0.3, 0.4) is 0 Å². The summed E-state index contributed by atoms with van der Waals surface area (Å²) in [6, 6.07) is 10.4. The van der Waals surface area contributed by atoms with Gasteiger partial charge in [-0.2, -0.15) is 0 Å². The van der Waals surface area contributed by atoms with Gasteiger partial charge in [-0.25, -0.2) is 0 Å². The number of hydrogen-bond acceptors (Lipinski definition) is 0. The van der Waals surface area contributed by atoms with Gasteiger partial charge in [0.2, 0.25) is 0 Å². The van der Waals surface area contributed by atoms with E-state index < -0.39 is 0 Å². The lowest BCUT2D eigenvalue weighted by molar-refractivity contribution is 1.44. The largest absolute Gasteiger partial charge is 0.166 e. The van der Waals surface area contributed by atoms with E-state index in [9.17, 15) is 0 Å². The van der Waals surface area contributed by atoms with Crippen LogP contribution in [-0.2, 0) is 10.9 Å². The fourth-order valence-electron chi connectivity index (χ4n) is 1.58. The third kappa shape index (κ3) is 8.53. The Balaban J connectivity index is 0. The molecule has 1 unspecified atom stereocenters. The SMILES string of the molecule is C=C/C=C\C(=C)[S+](/C(C)=C/C=C)c1ccccc1.CC.CC. The van der Waals surface area contributed by atoms with Crippen LogP contribution in [-0.4, -0.2) is 0 Å². The summed E-state index contributed by atoms with van der Waals surface area (Å²) in [6.45, 7) is 21.7. The van der Waals surface area contributed by atoms with Crippen molar-refractivity contribution in [3.8, 4) is 0 Å². The molecule has 1 heteroatoms. The first-order chi connectivity index (χ1) is 10.7. The van der Waals surface area contributed by atoms with Gasteiger partial charge in [0, 0.05) is 6.92 Å². The highest BCUT2D eigenvalue weighted by Gasteiger charge is 2.27. The molecule has 1 aromatic rings. The fourth-order valence-corrected chi connectivity index (χ4v) is 3.54. The molecule has 0 saturated carbocycles. The Morgan fingerprint density at radius 3 is 1.95 bits per heavy atom. The normalized spacial score (nSPS) is 11.4. The molecular formula is C21H31S+. The highest BCUT2D eigenvalue weighted by atomic mass is 32.2. The van der Waals surface area contributed by atoms with Gasteiger partial charge in [-0.3, -0.25) is 0 Å². The van der Waals surface area contributed by atoms with Crippen molar-refractivity contribution in [1.29, 1.82) is 0 Å². The van der Waals surface area contributed by atoms with Crippen LogP contribution >= 0.6 is 0 Å². The highest BCUT2D eigenvalue weighted by molar-refractivity contribution is 8.04. The summed E-state index contributed by atoms with van der Waals surface area (Å²) in [5.41, 5.74) is 0. The molecule has 0 bridgehead atoms. The van der Waals surface area contributed by atoms with Crippen LogP contribution in [0.1, 0.15) is 34.6 Å². The van der Waals surface area contributed by atoms with Gasteiger partial charge in [0.15, 0.2) is 9.80 Å². The summed E-state index contributed by atoms with van der Waals surface area (Å²) in [7, 11) is -0.118. The molecule has 0 aliphatic heterocycles. The summed E-state index contributed by atoms with van der Waals surface area (Å²) in [5, 5.41) is 0. The molecule has 0 nitrogen and oxygen atoms in total. The van der Waals surface area contributed by atoms with Gasteiger partial charge in [0.05, 0.1) is 10.9 Å². The Labute approximate surface area is 141 Å². The van der Waals surface area contributed by atoms with E-state index in [2.05, 4.69) is 50.9 Å². The van der Waals surface area contributed by atoms with Crippen molar-refractivity contribution in [3.05, 3.63) is 90.3 Å². The number of benzene rings is 1.